The van der Waals surface area contributed by atoms with Crippen LogP contribution in [0, 0.1) is 0 Å². The van der Waals surface area contributed by atoms with Crippen molar-refractivity contribution in [3.63, 3.8) is 0 Å². The highest BCUT2D eigenvalue weighted by Crippen LogP contribution is 2.44. The number of phosphoric ester groups is 1. The summed E-state index contributed by atoms with van der Waals surface area (Å²) in [6.45, 7) is 4.86. The first-order chi connectivity index (χ1) is 9.08. The van der Waals surface area contributed by atoms with Crippen LogP contribution in [0.25, 0.3) is 0 Å². The van der Waals surface area contributed by atoms with Crippen LogP contribution in [0.5, 0.6) is 5.75 Å². The zero-order chi connectivity index (χ0) is 15.1. The quantitative estimate of drug-likeness (QED) is 0.656. The van der Waals surface area contributed by atoms with E-state index in [-0.39, 0.29) is 12.2 Å². The van der Waals surface area contributed by atoms with E-state index in [1.54, 1.807) is 32.0 Å². The molecule has 0 unspecified atom stereocenters. The molecular formula is C13H17O6P. The summed E-state index contributed by atoms with van der Waals surface area (Å²) in [5.74, 6) is 0.524. The maximum Gasteiger partial charge on any atom is 0.470 e. The van der Waals surface area contributed by atoms with Crippen molar-refractivity contribution >= 4 is 13.6 Å². The van der Waals surface area contributed by atoms with Gasteiger partial charge in [-0.3, -0.25) is 9.32 Å². The molecule has 0 fully saturated rings. The van der Waals surface area contributed by atoms with Crippen molar-refractivity contribution in [3.8, 4) is 5.75 Å². The van der Waals surface area contributed by atoms with Gasteiger partial charge in [-0.15, -0.1) is 0 Å². The normalized spacial score (nSPS) is 20.9. The number of Topliss-reactive ketones (excluding diaryl/α,β-unsaturated/α-hetero) is 1. The van der Waals surface area contributed by atoms with Gasteiger partial charge in [0.15, 0.2) is 5.78 Å². The van der Waals surface area contributed by atoms with Crippen molar-refractivity contribution in [1.82, 2.24) is 0 Å². The van der Waals surface area contributed by atoms with Crippen LogP contribution in [0.2, 0.25) is 0 Å². The number of hydrogen-bond donors (Lipinski definition) is 2. The standard InChI is InChI=1S/C13H17O6P/c1-8(14)9-4-5-11-10(6-9)7-12(13(2,3)18-11)19-20(15,16)17/h4-6,12H,7H2,1-3H3,(H2,15,16,17)/t12-/m1/s1. The van der Waals surface area contributed by atoms with Crippen molar-refractivity contribution in [1.29, 1.82) is 0 Å². The van der Waals surface area contributed by atoms with Gasteiger partial charge < -0.3 is 14.5 Å². The Hall–Kier alpha value is -1.20. The number of ether oxygens (including phenoxy) is 1. The van der Waals surface area contributed by atoms with E-state index in [2.05, 4.69) is 0 Å². The average molecular weight is 300 g/mol. The molecule has 1 atom stereocenters. The molecule has 110 valence electrons. The molecule has 0 aromatic heterocycles. The summed E-state index contributed by atoms with van der Waals surface area (Å²) in [5, 5.41) is 0. The lowest BCUT2D eigenvalue weighted by atomic mass is 9.90. The predicted octanol–water partition coefficient (Wildman–Crippen LogP) is 2.08. The van der Waals surface area contributed by atoms with Crippen LogP contribution in [0.15, 0.2) is 18.2 Å². The number of ketones is 1. The van der Waals surface area contributed by atoms with Gasteiger partial charge in [-0.1, -0.05) is 0 Å². The Kier molecular flexibility index (Phi) is 3.77. The number of carbonyl (C=O) groups excluding carboxylic acids is 1. The average Bonchev–Trinajstić information content (AvgIpc) is 2.27. The molecule has 0 saturated carbocycles. The maximum atomic E-state index is 11.4. The van der Waals surface area contributed by atoms with Gasteiger partial charge in [0.25, 0.3) is 0 Å². The molecule has 0 saturated heterocycles. The van der Waals surface area contributed by atoms with Crippen LogP contribution in [0.1, 0.15) is 36.7 Å². The van der Waals surface area contributed by atoms with Crippen LogP contribution in [-0.4, -0.2) is 27.3 Å². The van der Waals surface area contributed by atoms with Gasteiger partial charge in [0.2, 0.25) is 0 Å². The second-order valence-corrected chi connectivity index (χ2v) is 6.56. The molecule has 1 aromatic carbocycles. The highest BCUT2D eigenvalue weighted by molar-refractivity contribution is 7.46. The Balaban J connectivity index is 2.35. The smallest absolute Gasteiger partial charge is 0.470 e. The predicted molar refractivity (Wildman–Crippen MR) is 71.8 cm³/mol. The molecule has 0 spiro atoms. The summed E-state index contributed by atoms with van der Waals surface area (Å²) in [5.41, 5.74) is 0.365. The summed E-state index contributed by atoms with van der Waals surface area (Å²) in [4.78, 5) is 29.3. The minimum atomic E-state index is -4.60. The topological polar surface area (TPSA) is 93.1 Å². The summed E-state index contributed by atoms with van der Waals surface area (Å²) in [7, 11) is -4.60. The molecule has 1 aromatic rings. The molecule has 20 heavy (non-hydrogen) atoms. The Morgan fingerprint density at radius 1 is 1.45 bits per heavy atom. The minimum Gasteiger partial charge on any atom is -0.485 e. The van der Waals surface area contributed by atoms with E-state index >= 15 is 0 Å². The van der Waals surface area contributed by atoms with Crippen molar-refractivity contribution < 1.29 is 28.4 Å². The molecule has 0 aliphatic carbocycles. The first-order valence-electron chi connectivity index (χ1n) is 6.15. The van der Waals surface area contributed by atoms with E-state index in [0.717, 1.165) is 0 Å². The lowest BCUT2D eigenvalue weighted by Crippen LogP contribution is -2.47. The Labute approximate surface area is 117 Å². The Morgan fingerprint density at radius 3 is 2.65 bits per heavy atom. The van der Waals surface area contributed by atoms with E-state index in [9.17, 15) is 9.36 Å². The highest BCUT2D eigenvalue weighted by Gasteiger charge is 2.41. The summed E-state index contributed by atoms with van der Waals surface area (Å²) >= 11 is 0. The molecule has 1 aliphatic rings. The monoisotopic (exact) mass is 300 g/mol. The first-order valence-corrected chi connectivity index (χ1v) is 7.68. The molecular weight excluding hydrogens is 283 g/mol. The number of benzene rings is 1. The van der Waals surface area contributed by atoms with Crippen molar-refractivity contribution in [2.45, 2.75) is 38.9 Å². The van der Waals surface area contributed by atoms with Crippen LogP contribution >= 0.6 is 7.82 Å². The number of carbonyl (C=O) groups is 1. The summed E-state index contributed by atoms with van der Waals surface area (Å²) in [6.07, 6.45) is -0.521. The molecule has 1 aliphatic heterocycles. The second-order valence-electron chi connectivity index (χ2n) is 5.37. The van der Waals surface area contributed by atoms with Gasteiger partial charge in [0, 0.05) is 12.0 Å². The molecule has 2 N–H and O–H groups in total. The third-order valence-corrected chi connectivity index (χ3v) is 3.81. The lowest BCUT2D eigenvalue weighted by molar-refractivity contribution is -0.0391. The number of fused-ring (bicyclic) bond motifs is 1. The Bertz CT molecular complexity index is 589. The first kappa shape index (κ1) is 15.2. The molecule has 0 radical (unpaired) electrons. The van der Waals surface area contributed by atoms with Gasteiger partial charge in [-0.05, 0) is 44.5 Å². The molecule has 0 bridgehead atoms. The molecule has 1 heterocycles. The highest BCUT2D eigenvalue weighted by atomic mass is 31.2. The summed E-state index contributed by atoms with van der Waals surface area (Å²) in [6, 6.07) is 5.03. The van der Waals surface area contributed by atoms with E-state index in [4.69, 9.17) is 19.0 Å². The van der Waals surface area contributed by atoms with E-state index < -0.39 is 19.5 Å². The third-order valence-electron chi connectivity index (χ3n) is 3.29. The van der Waals surface area contributed by atoms with Crippen molar-refractivity contribution in [2.75, 3.05) is 0 Å². The summed E-state index contributed by atoms with van der Waals surface area (Å²) < 4.78 is 21.6. The van der Waals surface area contributed by atoms with E-state index in [1.165, 1.54) is 6.92 Å². The van der Waals surface area contributed by atoms with Crippen LogP contribution in [0.4, 0.5) is 0 Å². The van der Waals surface area contributed by atoms with Crippen LogP contribution in [-0.2, 0) is 15.5 Å². The van der Waals surface area contributed by atoms with Gasteiger partial charge in [-0.25, -0.2) is 4.57 Å². The zero-order valence-corrected chi connectivity index (χ0v) is 12.4. The zero-order valence-electron chi connectivity index (χ0n) is 11.5. The minimum absolute atomic E-state index is 0.0786. The van der Waals surface area contributed by atoms with Gasteiger partial charge in [0.1, 0.15) is 17.5 Å². The lowest BCUT2D eigenvalue weighted by Gasteiger charge is -2.39. The van der Waals surface area contributed by atoms with Crippen molar-refractivity contribution in [3.05, 3.63) is 29.3 Å². The fraction of sp³-hybridized carbons (Fsp3) is 0.462. The fourth-order valence-corrected chi connectivity index (χ4v) is 2.84. The van der Waals surface area contributed by atoms with Crippen LogP contribution < -0.4 is 4.74 Å². The SMILES string of the molecule is CC(=O)c1ccc2c(c1)C[C@@H](OP(=O)(O)O)C(C)(C)O2. The Morgan fingerprint density at radius 2 is 2.10 bits per heavy atom. The van der Waals surface area contributed by atoms with Crippen molar-refractivity contribution in [2.24, 2.45) is 0 Å². The van der Waals surface area contributed by atoms with E-state index in [1.807, 2.05) is 0 Å². The third kappa shape index (κ3) is 3.27. The fourth-order valence-electron chi connectivity index (χ4n) is 2.18. The number of phosphoric acid groups is 1. The number of hydrogen-bond acceptors (Lipinski definition) is 4. The van der Waals surface area contributed by atoms with Crippen LogP contribution in [0.3, 0.4) is 0 Å². The maximum absolute atomic E-state index is 11.4. The largest absolute Gasteiger partial charge is 0.485 e. The second kappa shape index (κ2) is 4.97. The van der Waals surface area contributed by atoms with E-state index in [0.29, 0.717) is 16.9 Å². The molecule has 6 nitrogen and oxygen atoms in total. The molecule has 0 amide bonds. The molecule has 2 rings (SSSR count). The van der Waals surface area contributed by atoms with Gasteiger partial charge >= 0.3 is 7.82 Å². The number of rotatable bonds is 3. The van der Waals surface area contributed by atoms with Gasteiger partial charge in [0.05, 0.1) is 0 Å². The van der Waals surface area contributed by atoms with Gasteiger partial charge in [-0.2, -0.15) is 0 Å². The molecule has 7 heteroatoms.